The van der Waals surface area contributed by atoms with Crippen LogP contribution in [0.5, 0.6) is 0 Å². The molecule has 0 aliphatic carbocycles. The molecule has 1 aliphatic rings. The van der Waals surface area contributed by atoms with Crippen molar-refractivity contribution in [1.82, 2.24) is 24.6 Å². The number of hydrogen-bond donors (Lipinski definition) is 1. The Morgan fingerprint density at radius 1 is 1.50 bits per heavy atom. The first-order chi connectivity index (χ1) is 10.5. The van der Waals surface area contributed by atoms with Gasteiger partial charge in [-0.3, -0.25) is 14.7 Å². The van der Waals surface area contributed by atoms with E-state index in [0.717, 1.165) is 0 Å². The maximum Gasteiger partial charge on any atom is 0.254 e. The van der Waals surface area contributed by atoms with Crippen molar-refractivity contribution in [3.8, 4) is 0 Å². The summed E-state index contributed by atoms with van der Waals surface area (Å²) in [5.41, 5.74) is 0.176. The highest BCUT2D eigenvalue weighted by molar-refractivity contribution is 5.94. The molecule has 22 heavy (non-hydrogen) atoms. The van der Waals surface area contributed by atoms with Crippen LogP contribution in [0.25, 0.3) is 0 Å². The Morgan fingerprint density at radius 2 is 2.32 bits per heavy atom. The summed E-state index contributed by atoms with van der Waals surface area (Å²) in [7, 11) is 1.65. The van der Waals surface area contributed by atoms with Crippen molar-refractivity contribution in [2.45, 2.75) is 13.0 Å². The van der Waals surface area contributed by atoms with E-state index in [-0.39, 0.29) is 17.6 Å². The molecule has 2 aromatic heterocycles. The summed E-state index contributed by atoms with van der Waals surface area (Å²) in [5.74, 6) is 1.06. The number of pyridine rings is 1. The quantitative estimate of drug-likeness (QED) is 0.844. The van der Waals surface area contributed by atoms with Crippen LogP contribution in [0.1, 0.15) is 28.1 Å². The van der Waals surface area contributed by atoms with Gasteiger partial charge in [-0.05, 0) is 13.0 Å². The monoisotopic (exact) mass is 303 g/mol. The third-order valence-corrected chi connectivity index (χ3v) is 3.61. The molecule has 116 valence electrons. The Bertz CT molecular complexity index is 751. The molecule has 0 saturated carbocycles. The average Bonchev–Trinajstić information content (AvgIpc) is 2.96. The summed E-state index contributed by atoms with van der Waals surface area (Å²) in [6, 6.07) is 2.99. The lowest BCUT2D eigenvalue weighted by atomic mass is 10.2. The van der Waals surface area contributed by atoms with Gasteiger partial charge < -0.3 is 14.2 Å². The zero-order valence-corrected chi connectivity index (χ0v) is 12.4. The molecule has 0 unspecified atom stereocenters. The number of amides is 1. The molecule has 8 heteroatoms. The van der Waals surface area contributed by atoms with Gasteiger partial charge in [-0.1, -0.05) is 0 Å². The fraction of sp³-hybridized carbons (Fsp3) is 0.429. The lowest BCUT2D eigenvalue weighted by molar-refractivity contribution is -0.0266. The number of aryl methyl sites for hydroxylation is 2. The summed E-state index contributed by atoms with van der Waals surface area (Å²) in [4.78, 5) is 30.1. The molecule has 2 aromatic rings. The van der Waals surface area contributed by atoms with E-state index in [9.17, 15) is 9.59 Å². The van der Waals surface area contributed by atoms with Crippen LogP contribution < -0.4 is 5.56 Å². The van der Waals surface area contributed by atoms with Crippen molar-refractivity contribution < 1.29 is 9.53 Å². The number of carbonyl (C=O) groups excluding carboxylic acids is 1. The highest BCUT2D eigenvalue weighted by Gasteiger charge is 2.28. The number of nitrogens with zero attached hydrogens (tertiary/aromatic N) is 4. The van der Waals surface area contributed by atoms with Crippen molar-refractivity contribution in [2.24, 2.45) is 7.05 Å². The number of aromatic nitrogens is 4. The van der Waals surface area contributed by atoms with E-state index in [1.807, 2.05) is 6.92 Å². The van der Waals surface area contributed by atoms with Crippen molar-refractivity contribution in [2.75, 3.05) is 19.7 Å². The predicted octanol–water partition coefficient (Wildman–Crippen LogP) is 0.0255. The maximum atomic E-state index is 12.5. The van der Waals surface area contributed by atoms with E-state index < -0.39 is 0 Å². The van der Waals surface area contributed by atoms with E-state index in [1.54, 1.807) is 24.2 Å². The van der Waals surface area contributed by atoms with Crippen LogP contribution >= 0.6 is 0 Å². The molecule has 0 aromatic carbocycles. The summed E-state index contributed by atoms with van der Waals surface area (Å²) in [6.07, 6.45) is 1.24. The third-order valence-electron chi connectivity index (χ3n) is 3.61. The van der Waals surface area contributed by atoms with Crippen molar-refractivity contribution in [3.63, 3.8) is 0 Å². The number of rotatable bonds is 2. The molecule has 1 N–H and O–H groups in total. The summed E-state index contributed by atoms with van der Waals surface area (Å²) >= 11 is 0. The number of ether oxygens (including phenoxy) is 1. The van der Waals surface area contributed by atoms with E-state index in [2.05, 4.69) is 15.2 Å². The number of H-pyrrole nitrogens is 1. The van der Waals surface area contributed by atoms with Gasteiger partial charge in [0.25, 0.3) is 11.5 Å². The van der Waals surface area contributed by atoms with E-state index in [1.165, 1.54) is 10.6 Å². The van der Waals surface area contributed by atoms with Gasteiger partial charge in [0.2, 0.25) is 0 Å². The molecule has 0 radical (unpaired) electrons. The Kier molecular flexibility index (Phi) is 3.76. The Morgan fingerprint density at radius 3 is 3.00 bits per heavy atom. The zero-order valence-electron chi connectivity index (χ0n) is 12.4. The number of carbonyl (C=O) groups is 1. The third kappa shape index (κ3) is 2.77. The topological polar surface area (TPSA) is 93.1 Å². The van der Waals surface area contributed by atoms with Gasteiger partial charge in [0.15, 0.2) is 5.82 Å². The molecule has 1 aliphatic heterocycles. The van der Waals surface area contributed by atoms with Crippen LogP contribution in [0.4, 0.5) is 0 Å². The molecule has 0 bridgehead atoms. The molecular weight excluding hydrogens is 286 g/mol. The highest BCUT2D eigenvalue weighted by atomic mass is 16.5. The first kappa shape index (κ1) is 14.5. The average molecular weight is 303 g/mol. The van der Waals surface area contributed by atoms with Gasteiger partial charge in [0.05, 0.1) is 13.2 Å². The van der Waals surface area contributed by atoms with Crippen molar-refractivity contribution in [1.29, 1.82) is 0 Å². The van der Waals surface area contributed by atoms with E-state index in [0.29, 0.717) is 36.9 Å². The first-order valence-electron chi connectivity index (χ1n) is 7.01. The minimum atomic E-state index is -0.353. The molecule has 1 amide bonds. The molecule has 1 atom stereocenters. The zero-order chi connectivity index (χ0) is 15.7. The first-order valence-corrected chi connectivity index (χ1v) is 7.01. The number of hydrogen-bond acceptors (Lipinski definition) is 5. The van der Waals surface area contributed by atoms with Gasteiger partial charge >= 0.3 is 0 Å². The van der Waals surface area contributed by atoms with Gasteiger partial charge in [-0.15, -0.1) is 0 Å². The van der Waals surface area contributed by atoms with Crippen LogP contribution in [-0.2, 0) is 11.8 Å². The minimum absolute atomic E-state index is 0.182. The Hall–Kier alpha value is -2.48. The minimum Gasteiger partial charge on any atom is -0.366 e. The summed E-state index contributed by atoms with van der Waals surface area (Å²) < 4.78 is 7.06. The molecule has 0 spiro atoms. The van der Waals surface area contributed by atoms with Gasteiger partial charge in [0.1, 0.15) is 11.9 Å². The second-order valence-corrected chi connectivity index (χ2v) is 5.25. The molecule has 3 rings (SSSR count). The van der Waals surface area contributed by atoms with Gasteiger partial charge in [-0.25, -0.2) is 4.98 Å². The SMILES string of the molecule is Cc1nc([C@H]2CN(C(=O)c3ccn(C)c(=O)c3)CCO2)n[nH]1. The smallest absolute Gasteiger partial charge is 0.254 e. The number of aromatic amines is 1. The molecule has 8 nitrogen and oxygen atoms in total. The van der Waals surface area contributed by atoms with E-state index >= 15 is 0 Å². The lowest BCUT2D eigenvalue weighted by Crippen LogP contribution is -2.42. The van der Waals surface area contributed by atoms with Crippen LogP contribution in [0, 0.1) is 6.92 Å². The second-order valence-electron chi connectivity index (χ2n) is 5.25. The normalized spacial score (nSPS) is 18.5. The fourth-order valence-electron chi connectivity index (χ4n) is 2.36. The predicted molar refractivity (Wildman–Crippen MR) is 77.4 cm³/mol. The largest absolute Gasteiger partial charge is 0.366 e. The summed E-state index contributed by atoms with van der Waals surface area (Å²) in [5, 5.41) is 6.85. The number of nitrogens with one attached hydrogen (secondary N) is 1. The standard InChI is InChI=1S/C14H17N5O3/c1-9-15-13(17-16-9)11-8-19(5-6-22-11)14(21)10-3-4-18(2)12(20)7-10/h3-4,7,11H,5-6,8H2,1-2H3,(H,15,16,17)/t11-/m1/s1. The van der Waals surface area contributed by atoms with Crippen LogP contribution in [0.2, 0.25) is 0 Å². The number of morpholine rings is 1. The van der Waals surface area contributed by atoms with Crippen LogP contribution in [-0.4, -0.2) is 50.3 Å². The molecule has 1 saturated heterocycles. The molecule has 3 heterocycles. The Labute approximate surface area is 126 Å². The molecular formula is C14H17N5O3. The summed E-state index contributed by atoms with van der Waals surface area (Å²) in [6.45, 7) is 3.07. The van der Waals surface area contributed by atoms with Gasteiger partial charge in [0, 0.05) is 31.4 Å². The second kappa shape index (κ2) is 5.72. The molecule has 1 fully saturated rings. The Balaban J connectivity index is 1.77. The van der Waals surface area contributed by atoms with Gasteiger partial charge in [-0.2, -0.15) is 5.10 Å². The fourth-order valence-corrected chi connectivity index (χ4v) is 2.36. The highest BCUT2D eigenvalue weighted by Crippen LogP contribution is 2.20. The van der Waals surface area contributed by atoms with Crippen LogP contribution in [0.3, 0.4) is 0 Å². The van der Waals surface area contributed by atoms with E-state index in [4.69, 9.17) is 4.74 Å². The van der Waals surface area contributed by atoms with Crippen molar-refractivity contribution >= 4 is 5.91 Å². The maximum absolute atomic E-state index is 12.5. The van der Waals surface area contributed by atoms with Crippen LogP contribution in [0.15, 0.2) is 23.1 Å². The lowest BCUT2D eigenvalue weighted by Gasteiger charge is -2.31. The van der Waals surface area contributed by atoms with Crippen molar-refractivity contribution in [3.05, 3.63) is 45.9 Å².